The van der Waals surface area contributed by atoms with Crippen LogP contribution in [-0.4, -0.2) is 17.6 Å². The maximum absolute atomic E-state index is 12.7. The van der Waals surface area contributed by atoms with Crippen molar-refractivity contribution in [1.82, 2.24) is 5.32 Å². The molecule has 18 heavy (non-hydrogen) atoms. The largest absolute Gasteiger partial charge is 0.411 e. The fourth-order valence-electron chi connectivity index (χ4n) is 1.71. The molecule has 98 valence electrons. The van der Waals surface area contributed by atoms with Crippen LogP contribution < -0.4 is 5.32 Å². The number of nitrogens with one attached hydrogen (secondary N) is 1. The third-order valence-electron chi connectivity index (χ3n) is 3.08. The van der Waals surface area contributed by atoms with Gasteiger partial charge < -0.3 is 5.32 Å². The van der Waals surface area contributed by atoms with Crippen LogP contribution in [0.1, 0.15) is 28.8 Å². The van der Waals surface area contributed by atoms with Crippen LogP contribution in [0.2, 0.25) is 0 Å². The van der Waals surface area contributed by atoms with Gasteiger partial charge in [0, 0.05) is 4.47 Å². The number of aryl methyl sites for hydroxylation is 1. The zero-order valence-electron chi connectivity index (χ0n) is 9.57. The van der Waals surface area contributed by atoms with Crippen LogP contribution in [0, 0.1) is 6.92 Å². The smallest absolute Gasteiger partial charge is 0.338 e. The fourth-order valence-corrected chi connectivity index (χ4v) is 2.16. The Bertz CT molecular complexity index is 495. The summed E-state index contributed by atoms with van der Waals surface area (Å²) in [5.41, 5.74) is -0.988. The number of carbonyl (C=O) groups excluding carboxylic acids is 1. The molecule has 2 nitrogen and oxygen atoms in total. The minimum atomic E-state index is -4.39. The molecule has 6 heteroatoms. The molecule has 0 bridgehead atoms. The van der Waals surface area contributed by atoms with Crippen LogP contribution >= 0.6 is 15.9 Å². The lowest BCUT2D eigenvalue weighted by atomic mass is 10.1. The molecule has 1 aromatic rings. The second-order valence-electron chi connectivity index (χ2n) is 4.47. The maximum atomic E-state index is 12.7. The van der Waals surface area contributed by atoms with Crippen molar-refractivity contribution >= 4 is 21.8 Å². The highest BCUT2D eigenvalue weighted by Gasteiger charge is 2.64. The number of rotatable bonds is 2. The molecule has 2 rings (SSSR count). The first kappa shape index (κ1) is 13.4. The van der Waals surface area contributed by atoms with Gasteiger partial charge in [0.15, 0.2) is 0 Å². The van der Waals surface area contributed by atoms with Crippen LogP contribution in [0.25, 0.3) is 0 Å². The van der Waals surface area contributed by atoms with E-state index in [0.29, 0.717) is 4.47 Å². The molecular weight excluding hydrogens is 311 g/mol. The van der Waals surface area contributed by atoms with Gasteiger partial charge in [-0.25, -0.2) is 0 Å². The Hall–Kier alpha value is -1.04. The first-order valence-electron chi connectivity index (χ1n) is 5.41. The quantitative estimate of drug-likeness (QED) is 0.886. The molecular formula is C12H11BrF3NO. The molecule has 0 aromatic heterocycles. The molecule has 1 amide bonds. The summed E-state index contributed by atoms with van der Waals surface area (Å²) < 4.78 is 38.7. The van der Waals surface area contributed by atoms with Crippen molar-refractivity contribution in [3.05, 3.63) is 33.8 Å². The van der Waals surface area contributed by atoms with Crippen LogP contribution in [0.15, 0.2) is 22.7 Å². The predicted octanol–water partition coefficient (Wildman–Crippen LogP) is 3.58. The fraction of sp³-hybridized carbons (Fsp3) is 0.417. The normalized spacial score (nSPS) is 17.4. The summed E-state index contributed by atoms with van der Waals surface area (Å²) in [6.07, 6.45) is -4.49. The molecule has 1 aliphatic rings. The Labute approximate surface area is 111 Å². The lowest BCUT2D eigenvalue weighted by Gasteiger charge is -2.21. The van der Waals surface area contributed by atoms with E-state index in [1.807, 2.05) is 0 Å². The van der Waals surface area contributed by atoms with E-state index in [0.717, 1.165) is 5.56 Å². The van der Waals surface area contributed by atoms with Gasteiger partial charge >= 0.3 is 6.18 Å². The first-order valence-corrected chi connectivity index (χ1v) is 6.20. The summed E-state index contributed by atoms with van der Waals surface area (Å²) in [7, 11) is 0. The Kier molecular flexibility index (Phi) is 3.17. The third kappa shape index (κ3) is 2.25. The second-order valence-corrected chi connectivity index (χ2v) is 5.26. The number of amides is 1. The molecule has 0 spiro atoms. The second kappa shape index (κ2) is 4.26. The Morgan fingerprint density at radius 3 is 2.50 bits per heavy atom. The summed E-state index contributed by atoms with van der Waals surface area (Å²) in [5.74, 6) is -0.694. The van der Waals surface area contributed by atoms with Crippen LogP contribution in [0.5, 0.6) is 0 Å². The topological polar surface area (TPSA) is 29.1 Å². The molecule has 1 fully saturated rings. The molecule has 1 N–H and O–H groups in total. The number of hydrogen-bond donors (Lipinski definition) is 1. The zero-order chi connectivity index (χ0) is 13.6. The van der Waals surface area contributed by atoms with E-state index in [1.54, 1.807) is 19.1 Å². The van der Waals surface area contributed by atoms with Gasteiger partial charge in [0.25, 0.3) is 5.91 Å². The van der Waals surface area contributed by atoms with Gasteiger partial charge in [0.1, 0.15) is 5.54 Å². The van der Waals surface area contributed by atoms with Gasteiger partial charge in [-0.3, -0.25) is 4.79 Å². The average Bonchev–Trinajstić information content (AvgIpc) is 3.02. The predicted molar refractivity (Wildman–Crippen MR) is 64.4 cm³/mol. The monoisotopic (exact) mass is 321 g/mol. The minimum Gasteiger partial charge on any atom is -0.338 e. The number of benzene rings is 1. The van der Waals surface area contributed by atoms with Crippen molar-refractivity contribution in [2.24, 2.45) is 0 Å². The van der Waals surface area contributed by atoms with E-state index >= 15 is 0 Å². The highest BCUT2D eigenvalue weighted by molar-refractivity contribution is 9.10. The standard InChI is InChI=1S/C12H11BrF3NO/c1-7-3-2-4-8(9(7)13)10(18)17-11(5-6-11)12(14,15)16/h2-4H,5-6H2,1H3,(H,17,18). The Balaban J connectivity index is 2.21. The first-order chi connectivity index (χ1) is 8.27. The Morgan fingerprint density at radius 1 is 1.39 bits per heavy atom. The van der Waals surface area contributed by atoms with E-state index in [4.69, 9.17) is 0 Å². The SMILES string of the molecule is Cc1cccc(C(=O)NC2(C(F)(F)F)CC2)c1Br. The average molecular weight is 322 g/mol. The molecule has 0 heterocycles. The molecule has 0 radical (unpaired) electrons. The van der Waals surface area contributed by atoms with Gasteiger partial charge in [-0.05, 0) is 47.3 Å². The molecule has 1 aromatic carbocycles. The van der Waals surface area contributed by atoms with Crippen molar-refractivity contribution in [1.29, 1.82) is 0 Å². The number of hydrogen-bond acceptors (Lipinski definition) is 1. The molecule has 0 unspecified atom stereocenters. The van der Waals surface area contributed by atoms with Crippen molar-refractivity contribution in [2.75, 3.05) is 0 Å². The summed E-state index contributed by atoms with van der Waals surface area (Å²) in [6, 6.07) is 4.92. The van der Waals surface area contributed by atoms with Crippen LogP contribution in [0.4, 0.5) is 13.2 Å². The van der Waals surface area contributed by atoms with Crippen molar-refractivity contribution < 1.29 is 18.0 Å². The van der Waals surface area contributed by atoms with Crippen LogP contribution in [-0.2, 0) is 0 Å². The van der Waals surface area contributed by atoms with E-state index in [9.17, 15) is 18.0 Å². The lowest BCUT2D eigenvalue weighted by molar-refractivity contribution is -0.163. The maximum Gasteiger partial charge on any atom is 0.411 e. The summed E-state index contributed by atoms with van der Waals surface area (Å²) >= 11 is 3.22. The molecule has 1 aliphatic carbocycles. The number of halogens is 4. The molecule has 0 saturated heterocycles. The van der Waals surface area contributed by atoms with Gasteiger partial charge in [-0.1, -0.05) is 12.1 Å². The van der Waals surface area contributed by atoms with Crippen molar-refractivity contribution in [3.8, 4) is 0 Å². The van der Waals surface area contributed by atoms with E-state index in [-0.39, 0.29) is 18.4 Å². The Morgan fingerprint density at radius 2 is 2.00 bits per heavy atom. The lowest BCUT2D eigenvalue weighted by Crippen LogP contribution is -2.47. The van der Waals surface area contributed by atoms with E-state index < -0.39 is 17.6 Å². The summed E-state index contributed by atoms with van der Waals surface area (Å²) in [6.45, 7) is 1.78. The molecule has 1 saturated carbocycles. The summed E-state index contributed by atoms with van der Waals surface area (Å²) in [5, 5.41) is 2.10. The zero-order valence-corrected chi connectivity index (χ0v) is 11.2. The van der Waals surface area contributed by atoms with E-state index in [1.165, 1.54) is 6.07 Å². The van der Waals surface area contributed by atoms with Gasteiger partial charge in [-0.15, -0.1) is 0 Å². The number of alkyl halides is 3. The summed E-state index contributed by atoms with van der Waals surface area (Å²) in [4.78, 5) is 11.9. The number of carbonyl (C=O) groups is 1. The van der Waals surface area contributed by atoms with Crippen molar-refractivity contribution in [3.63, 3.8) is 0 Å². The van der Waals surface area contributed by atoms with Gasteiger partial charge in [0.05, 0.1) is 5.56 Å². The highest BCUT2D eigenvalue weighted by atomic mass is 79.9. The van der Waals surface area contributed by atoms with E-state index in [2.05, 4.69) is 21.2 Å². The third-order valence-corrected chi connectivity index (χ3v) is 4.13. The highest BCUT2D eigenvalue weighted by Crippen LogP contribution is 2.49. The van der Waals surface area contributed by atoms with Crippen LogP contribution in [0.3, 0.4) is 0 Å². The van der Waals surface area contributed by atoms with Gasteiger partial charge in [0.2, 0.25) is 0 Å². The molecule has 0 atom stereocenters. The minimum absolute atomic E-state index is 0.0499. The van der Waals surface area contributed by atoms with Crippen molar-refractivity contribution in [2.45, 2.75) is 31.5 Å². The molecule has 0 aliphatic heterocycles. The van der Waals surface area contributed by atoms with Gasteiger partial charge in [-0.2, -0.15) is 13.2 Å².